The fourth-order valence-corrected chi connectivity index (χ4v) is 0.652. The maximum Gasteiger partial charge on any atom is 0.407 e. The summed E-state index contributed by atoms with van der Waals surface area (Å²) in [5, 5.41) is 2.53. The van der Waals surface area contributed by atoms with Crippen LogP contribution in [-0.2, 0) is 14.2 Å². The molecule has 5 nitrogen and oxygen atoms in total. The minimum Gasteiger partial charge on any atom is -0.450 e. The van der Waals surface area contributed by atoms with Crippen LogP contribution in [0.5, 0.6) is 0 Å². The molecule has 0 rings (SSSR count). The van der Waals surface area contributed by atoms with Crippen molar-refractivity contribution >= 4 is 6.09 Å². The van der Waals surface area contributed by atoms with Gasteiger partial charge in [0.25, 0.3) is 0 Å². The Kier molecular flexibility index (Phi) is 8.70. The highest BCUT2D eigenvalue weighted by atomic mass is 16.5. The number of amides is 1. The summed E-state index contributed by atoms with van der Waals surface area (Å²) in [7, 11) is 1.61. The SMILES string of the molecule is CCOC(=O)NCCOCCOC. The monoisotopic (exact) mass is 191 g/mol. The van der Waals surface area contributed by atoms with Crippen molar-refractivity contribution in [1.82, 2.24) is 5.32 Å². The first-order chi connectivity index (χ1) is 6.31. The Morgan fingerprint density at radius 3 is 2.69 bits per heavy atom. The lowest BCUT2D eigenvalue weighted by molar-refractivity contribution is 0.0708. The number of hydrogen-bond acceptors (Lipinski definition) is 4. The summed E-state index contributed by atoms with van der Waals surface area (Å²) in [6.07, 6.45) is -0.405. The van der Waals surface area contributed by atoms with Gasteiger partial charge in [-0.15, -0.1) is 0 Å². The molecule has 13 heavy (non-hydrogen) atoms. The summed E-state index contributed by atoms with van der Waals surface area (Å²) in [6, 6.07) is 0. The van der Waals surface area contributed by atoms with Crippen molar-refractivity contribution in [2.45, 2.75) is 6.92 Å². The van der Waals surface area contributed by atoms with Gasteiger partial charge in [-0.25, -0.2) is 4.79 Å². The summed E-state index contributed by atoms with van der Waals surface area (Å²) >= 11 is 0. The number of alkyl carbamates (subject to hydrolysis) is 1. The Labute approximate surface area is 78.3 Å². The fourth-order valence-electron chi connectivity index (χ4n) is 0.652. The van der Waals surface area contributed by atoms with E-state index in [1.807, 2.05) is 0 Å². The first-order valence-electron chi connectivity index (χ1n) is 4.28. The number of carbonyl (C=O) groups is 1. The fraction of sp³-hybridized carbons (Fsp3) is 0.875. The number of rotatable bonds is 7. The maximum absolute atomic E-state index is 10.7. The number of nitrogens with one attached hydrogen (secondary N) is 1. The quantitative estimate of drug-likeness (QED) is 0.592. The maximum atomic E-state index is 10.7. The van der Waals surface area contributed by atoms with Crippen molar-refractivity contribution < 1.29 is 19.0 Å². The van der Waals surface area contributed by atoms with Gasteiger partial charge in [-0.1, -0.05) is 0 Å². The third-order valence-electron chi connectivity index (χ3n) is 1.22. The van der Waals surface area contributed by atoms with Crippen molar-refractivity contribution in [2.24, 2.45) is 0 Å². The Morgan fingerprint density at radius 1 is 1.31 bits per heavy atom. The van der Waals surface area contributed by atoms with Crippen LogP contribution in [0, 0.1) is 0 Å². The molecule has 0 aromatic heterocycles. The number of ether oxygens (including phenoxy) is 3. The first kappa shape index (κ1) is 12.2. The minimum atomic E-state index is -0.405. The number of carbonyl (C=O) groups excluding carboxylic acids is 1. The molecule has 0 heterocycles. The average molecular weight is 191 g/mol. The average Bonchev–Trinajstić information content (AvgIpc) is 2.11. The normalized spacial score (nSPS) is 9.69. The van der Waals surface area contributed by atoms with Crippen molar-refractivity contribution in [3.63, 3.8) is 0 Å². The lowest BCUT2D eigenvalue weighted by atomic mass is 10.6. The summed E-state index contributed by atoms with van der Waals surface area (Å²) in [6.45, 7) is 4.19. The van der Waals surface area contributed by atoms with Gasteiger partial charge in [0.15, 0.2) is 0 Å². The molecule has 0 unspecified atom stereocenters. The summed E-state index contributed by atoms with van der Waals surface area (Å²) in [4.78, 5) is 10.7. The van der Waals surface area contributed by atoms with Crippen LogP contribution in [0.4, 0.5) is 4.79 Å². The molecule has 0 bridgehead atoms. The molecule has 78 valence electrons. The molecule has 0 saturated carbocycles. The van der Waals surface area contributed by atoms with Gasteiger partial charge in [0.2, 0.25) is 0 Å². The van der Waals surface area contributed by atoms with Crippen LogP contribution in [0.25, 0.3) is 0 Å². The molecule has 0 atom stereocenters. The van der Waals surface area contributed by atoms with E-state index in [2.05, 4.69) is 10.1 Å². The molecule has 5 heteroatoms. The van der Waals surface area contributed by atoms with Gasteiger partial charge in [-0.05, 0) is 6.92 Å². The van der Waals surface area contributed by atoms with Crippen LogP contribution in [-0.4, -0.2) is 46.2 Å². The lowest BCUT2D eigenvalue weighted by Gasteiger charge is -2.05. The van der Waals surface area contributed by atoms with Crippen LogP contribution in [0.1, 0.15) is 6.92 Å². The Hall–Kier alpha value is -0.810. The third kappa shape index (κ3) is 9.10. The Morgan fingerprint density at radius 2 is 2.08 bits per heavy atom. The minimum absolute atomic E-state index is 0.385. The zero-order chi connectivity index (χ0) is 9.94. The zero-order valence-corrected chi connectivity index (χ0v) is 8.17. The Balaban J connectivity index is 3.02. The van der Waals surface area contributed by atoms with Crippen molar-refractivity contribution in [2.75, 3.05) is 40.1 Å². The summed E-state index contributed by atoms with van der Waals surface area (Å²) in [5.74, 6) is 0. The highest BCUT2D eigenvalue weighted by Crippen LogP contribution is 1.77. The second kappa shape index (κ2) is 9.28. The second-order valence-corrected chi connectivity index (χ2v) is 2.25. The van der Waals surface area contributed by atoms with E-state index >= 15 is 0 Å². The van der Waals surface area contributed by atoms with E-state index in [1.165, 1.54) is 0 Å². The van der Waals surface area contributed by atoms with Gasteiger partial charge in [-0.3, -0.25) is 0 Å². The molecule has 1 amide bonds. The molecular weight excluding hydrogens is 174 g/mol. The summed E-state index contributed by atoms with van der Waals surface area (Å²) < 4.78 is 14.5. The molecule has 0 aromatic rings. The molecule has 0 aliphatic rings. The second-order valence-electron chi connectivity index (χ2n) is 2.25. The van der Waals surface area contributed by atoms with E-state index in [4.69, 9.17) is 9.47 Å². The molecule has 0 saturated heterocycles. The molecule has 0 aromatic carbocycles. The summed E-state index contributed by atoms with van der Waals surface area (Å²) in [5.41, 5.74) is 0. The predicted octanol–water partition coefficient (Wildman–Crippen LogP) is 0.395. The van der Waals surface area contributed by atoms with Gasteiger partial charge in [-0.2, -0.15) is 0 Å². The molecular formula is C8H17NO4. The standard InChI is InChI=1S/C8H17NO4/c1-3-13-8(10)9-4-5-12-7-6-11-2/h3-7H2,1-2H3,(H,9,10). The van der Waals surface area contributed by atoms with E-state index in [9.17, 15) is 4.79 Å². The van der Waals surface area contributed by atoms with Crippen LogP contribution in [0.2, 0.25) is 0 Å². The number of hydrogen-bond donors (Lipinski definition) is 1. The molecule has 0 aliphatic carbocycles. The van der Waals surface area contributed by atoms with Gasteiger partial charge < -0.3 is 19.5 Å². The highest BCUT2D eigenvalue weighted by molar-refractivity contribution is 5.66. The van der Waals surface area contributed by atoms with Gasteiger partial charge >= 0.3 is 6.09 Å². The Bertz CT molecular complexity index is 129. The van der Waals surface area contributed by atoms with E-state index in [0.717, 1.165) is 0 Å². The molecule has 1 N–H and O–H groups in total. The van der Waals surface area contributed by atoms with Crippen LogP contribution in [0.15, 0.2) is 0 Å². The van der Waals surface area contributed by atoms with Crippen molar-refractivity contribution in [3.8, 4) is 0 Å². The van der Waals surface area contributed by atoms with E-state index < -0.39 is 6.09 Å². The van der Waals surface area contributed by atoms with E-state index in [1.54, 1.807) is 14.0 Å². The van der Waals surface area contributed by atoms with Crippen LogP contribution in [0.3, 0.4) is 0 Å². The van der Waals surface area contributed by atoms with Crippen LogP contribution >= 0.6 is 0 Å². The van der Waals surface area contributed by atoms with E-state index in [0.29, 0.717) is 33.0 Å². The smallest absolute Gasteiger partial charge is 0.407 e. The van der Waals surface area contributed by atoms with Gasteiger partial charge in [0.05, 0.1) is 26.4 Å². The van der Waals surface area contributed by atoms with Crippen molar-refractivity contribution in [1.29, 1.82) is 0 Å². The molecule has 0 fully saturated rings. The topological polar surface area (TPSA) is 56.8 Å². The van der Waals surface area contributed by atoms with Crippen LogP contribution < -0.4 is 5.32 Å². The van der Waals surface area contributed by atoms with Gasteiger partial charge in [0.1, 0.15) is 0 Å². The van der Waals surface area contributed by atoms with Crippen molar-refractivity contribution in [3.05, 3.63) is 0 Å². The highest BCUT2D eigenvalue weighted by Gasteiger charge is 1.97. The lowest BCUT2D eigenvalue weighted by Crippen LogP contribution is -2.28. The zero-order valence-electron chi connectivity index (χ0n) is 8.17. The third-order valence-corrected chi connectivity index (χ3v) is 1.22. The van der Waals surface area contributed by atoms with Gasteiger partial charge in [0, 0.05) is 13.7 Å². The van der Waals surface area contributed by atoms with E-state index in [-0.39, 0.29) is 0 Å². The predicted molar refractivity (Wildman–Crippen MR) is 47.7 cm³/mol. The number of methoxy groups -OCH3 is 1. The first-order valence-corrected chi connectivity index (χ1v) is 4.28. The molecule has 0 radical (unpaired) electrons. The largest absolute Gasteiger partial charge is 0.450 e. The molecule has 0 aliphatic heterocycles. The molecule has 0 spiro atoms.